The van der Waals surface area contributed by atoms with E-state index in [9.17, 15) is 49.0 Å². The summed E-state index contributed by atoms with van der Waals surface area (Å²) in [4.78, 5) is 92.1. The summed E-state index contributed by atoms with van der Waals surface area (Å²) in [6.45, 7) is 5.38. The first-order valence-corrected chi connectivity index (χ1v) is 20.2. The van der Waals surface area contributed by atoms with Crippen LogP contribution < -0.4 is 43.4 Å². The zero-order valence-electron chi connectivity index (χ0n) is 32.3. The molecular weight excluding hydrogens is 779 g/mol. The standard InChI is InChI=1S/C37H53N9O9S2/c1-5-41-33(51)25(11-12-38)43-36(54)29(46-35(53)28(18-47)45-32(50)21(2)37(3,4)55)19-56-20-30(48)42-27(16-24-10-7-13-57-24)34(52)44-26(31(40)49)15-22-8-6-9-23(14-22)17-39/h6-10,13-14,21,25-29,47,55H,5,11-12,15-16,18-20,38H2,1-4H3,(H2,40,49)(H,41,51)(H,42,48)(H,43,54)(H,44,52)(H,45,50)(H,46,53)/t21-,25+,26+,27+,28+,29+/m1/s1. The zero-order valence-corrected chi connectivity index (χ0v) is 34.0. The number of thiophene rings is 1. The van der Waals surface area contributed by atoms with Crippen LogP contribution in [0.1, 0.15) is 50.1 Å². The number of nitriles is 1. The van der Waals surface area contributed by atoms with Crippen molar-refractivity contribution in [3.8, 4) is 6.07 Å². The molecule has 18 nitrogen and oxygen atoms in total. The number of hydrogen-bond acceptors (Lipinski definition) is 13. The molecule has 0 aliphatic carbocycles. The van der Waals surface area contributed by atoms with E-state index in [1.807, 2.05) is 6.07 Å². The summed E-state index contributed by atoms with van der Waals surface area (Å²) in [5.74, 6) is -6.72. The van der Waals surface area contributed by atoms with Gasteiger partial charge in [-0.3, -0.25) is 33.6 Å². The van der Waals surface area contributed by atoms with Crippen molar-refractivity contribution in [1.82, 2.24) is 31.9 Å². The third kappa shape index (κ3) is 16.5. The van der Waals surface area contributed by atoms with Gasteiger partial charge in [-0.1, -0.05) is 25.1 Å². The Labute approximate surface area is 339 Å². The Bertz CT molecular complexity index is 1730. The van der Waals surface area contributed by atoms with Gasteiger partial charge < -0.3 is 53.6 Å². The fourth-order valence-corrected chi connectivity index (χ4v) is 6.72. The minimum atomic E-state index is -1.52. The van der Waals surface area contributed by atoms with Crippen LogP contribution in [0.2, 0.25) is 0 Å². The molecular formula is C37H53N9O9S2. The van der Waals surface area contributed by atoms with Gasteiger partial charge in [0.15, 0.2) is 0 Å². The van der Waals surface area contributed by atoms with Crippen molar-refractivity contribution >= 4 is 64.4 Å². The summed E-state index contributed by atoms with van der Waals surface area (Å²) >= 11 is 2.25. The van der Waals surface area contributed by atoms with Crippen LogP contribution in [0.3, 0.4) is 0 Å². The maximum atomic E-state index is 13.6. The molecule has 1 heterocycles. The highest BCUT2D eigenvalue weighted by atomic mass is 32.2. The Morgan fingerprint density at radius 3 is 2.07 bits per heavy atom. The van der Waals surface area contributed by atoms with Crippen LogP contribution in [0.25, 0.3) is 0 Å². The molecule has 0 bridgehead atoms. The van der Waals surface area contributed by atoms with Gasteiger partial charge in [0.2, 0.25) is 41.4 Å². The summed E-state index contributed by atoms with van der Waals surface area (Å²) in [5, 5.41) is 46.4. The van der Waals surface area contributed by atoms with E-state index in [0.29, 0.717) is 11.1 Å². The van der Waals surface area contributed by atoms with E-state index >= 15 is 0 Å². The molecule has 7 amide bonds. The van der Waals surface area contributed by atoms with Gasteiger partial charge in [0.05, 0.1) is 35.5 Å². The van der Waals surface area contributed by atoms with E-state index in [1.54, 1.807) is 48.7 Å². The highest BCUT2D eigenvalue weighted by Gasteiger charge is 2.34. The van der Waals surface area contributed by atoms with Gasteiger partial charge in [0, 0.05) is 30.0 Å². The number of aliphatic hydroxyl groups excluding tert-OH is 1. The molecule has 0 aliphatic heterocycles. The maximum Gasteiger partial charge on any atom is 0.245 e. The van der Waals surface area contributed by atoms with Crippen molar-refractivity contribution in [1.29, 1.82) is 5.26 Å². The average Bonchev–Trinajstić information content (AvgIpc) is 3.68. The van der Waals surface area contributed by atoms with Crippen molar-refractivity contribution in [2.75, 3.05) is 31.2 Å². The minimum Gasteiger partial charge on any atom is -0.394 e. The Morgan fingerprint density at radius 2 is 1.49 bits per heavy atom. The molecule has 0 spiro atoms. The molecule has 57 heavy (non-hydrogen) atoms. The topological polar surface area (TPSA) is 308 Å². The molecule has 0 fully saturated rings. The maximum absolute atomic E-state index is 13.6. The van der Waals surface area contributed by atoms with Crippen LogP contribution >= 0.6 is 23.1 Å². The van der Waals surface area contributed by atoms with Crippen LogP contribution in [0.15, 0.2) is 41.8 Å². The summed E-state index contributed by atoms with van der Waals surface area (Å²) in [6.07, 6.45) is 0.125. The number of nitrogens with zero attached hydrogens (tertiary/aromatic N) is 1. The molecule has 12 N–H and O–H groups in total. The Hall–Kier alpha value is -5.07. The van der Waals surface area contributed by atoms with Gasteiger partial charge in [-0.2, -0.15) is 5.26 Å². The van der Waals surface area contributed by atoms with Crippen LogP contribution in [0, 0.1) is 17.2 Å². The van der Waals surface area contributed by atoms with Gasteiger partial charge in [-0.15, -0.1) is 23.1 Å². The molecule has 0 saturated carbocycles. The first-order chi connectivity index (χ1) is 26.9. The van der Waals surface area contributed by atoms with Crippen molar-refractivity contribution in [2.45, 2.75) is 82.8 Å². The van der Waals surface area contributed by atoms with Crippen LogP contribution in [0.4, 0.5) is 0 Å². The number of aliphatic hydroxyl groups is 2. The number of carbonyl (C=O) groups is 7. The van der Waals surface area contributed by atoms with Gasteiger partial charge in [0.25, 0.3) is 0 Å². The fraction of sp³-hybridized carbons (Fsp3) is 0.514. The molecule has 0 radical (unpaired) electrons. The molecule has 6 atom stereocenters. The molecule has 0 unspecified atom stereocenters. The van der Waals surface area contributed by atoms with E-state index in [0.717, 1.165) is 16.6 Å². The number of benzene rings is 1. The average molecular weight is 832 g/mol. The second-order valence-corrected chi connectivity index (χ2v) is 15.7. The third-order valence-electron chi connectivity index (χ3n) is 8.65. The highest BCUT2D eigenvalue weighted by Crippen LogP contribution is 2.16. The number of nitrogens with one attached hydrogen (secondary N) is 6. The molecule has 1 aromatic heterocycles. The predicted molar refractivity (Wildman–Crippen MR) is 214 cm³/mol. The van der Waals surface area contributed by atoms with Gasteiger partial charge in [0.1, 0.15) is 30.2 Å². The summed E-state index contributed by atoms with van der Waals surface area (Å²) < 4.78 is 0. The predicted octanol–water partition coefficient (Wildman–Crippen LogP) is -2.07. The third-order valence-corrected chi connectivity index (χ3v) is 10.6. The smallest absolute Gasteiger partial charge is 0.245 e. The van der Waals surface area contributed by atoms with Crippen LogP contribution in [-0.2, 0) is 46.4 Å². The van der Waals surface area contributed by atoms with Gasteiger partial charge >= 0.3 is 0 Å². The number of rotatable bonds is 24. The number of hydrogen-bond donors (Lipinski definition) is 10. The first kappa shape index (κ1) is 48.1. The molecule has 20 heteroatoms. The van der Waals surface area contributed by atoms with E-state index in [1.165, 1.54) is 32.1 Å². The molecule has 1 aromatic carbocycles. The largest absolute Gasteiger partial charge is 0.394 e. The fourth-order valence-electron chi connectivity index (χ4n) is 5.12. The number of carbonyl (C=O) groups excluding carboxylic acids is 7. The molecule has 0 aliphatic rings. The van der Waals surface area contributed by atoms with Crippen LogP contribution in [-0.4, -0.2) is 119 Å². The Morgan fingerprint density at radius 1 is 0.860 bits per heavy atom. The van der Waals surface area contributed by atoms with E-state index in [-0.39, 0.29) is 43.9 Å². The molecule has 2 rings (SSSR count). The number of likely N-dealkylation sites (N-methyl/N-ethyl adjacent to an activating group) is 1. The molecule has 0 saturated heterocycles. The van der Waals surface area contributed by atoms with Crippen molar-refractivity contribution in [2.24, 2.45) is 17.4 Å². The Balaban J connectivity index is 2.24. The lowest BCUT2D eigenvalue weighted by atomic mass is 9.92. The minimum absolute atomic E-state index is 0.00715. The lowest BCUT2D eigenvalue weighted by Crippen LogP contribution is -2.59. The van der Waals surface area contributed by atoms with Gasteiger partial charge in [-0.25, -0.2) is 0 Å². The summed E-state index contributed by atoms with van der Waals surface area (Å²) in [6, 6.07) is 5.71. The SMILES string of the molecule is CCNC(=O)[C@H](CCN)NC(=O)[C@H](CSCC(=O)N[C@@H](Cc1cccs1)C(=O)N[C@@H](Cc1cccc(C#N)c1)C(N)=O)NC(=O)[C@H](CO)NC(=O)[C@@H](C)C(C)(C)O. The van der Waals surface area contributed by atoms with Crippen molar-refractivity contribution in [3.63, 3.8) is 0 Å². The number of primary amides is 1. The zero-order chi connectivity index (χ0) is 42.7. The molecule has 2 aromatic rings. The van der Waals surface area contributed by atoms with Gasteiger partial charge in [-0.05, 0) is 62.9 Å². The molecule has 312 valence electrons. The highest BCUT2D eigenvalue weighted by molar-refractivity contribution is 8.00. The summed E-state index contributed by atoms with van der Waals surface area (Å²) in [7, 11) is 0. The van der Waals surface area contributed by atoms with Crippen molar-refractivity contribution < 1.29 is 43.8 Å². The quantitative estimate of drug-likeness (QED) is 0.0546. The van der Waals surface area contributed by atoms with E-state index in [4.69, 9.17) is 11.5 Å². The van der Waals surface area contributed by atoms with Crippen LogP contribution in [0.5, 0.6) is 0 Å². The second-order valence-electron chi connectivity index (χ2n) is 13.6. The number of amides is 7. The second kappa shape index (κ2) is 23.9. The lowest BCUT2D eigenvalue weighted by molar-refractivity contribution is -0.137. The lowest BCUT2D eigenvalue weighted by Gasteiger charge is -2.28. The normalized spacial score (nSPS) is 14.3. The summed E-state index contributed by atoms with van der Waals surface area (Å²) in [5.41, 5.74) is 10.8. The van der Waals surface area contributed by atoms with E-state index < -0.39 is 89.7 Å². The first-order valence-electron chi connectivity index (χ1n) is 18.1. The van der Waals surface area contributed by atoms with Crippen molar-refractivity contribution in [3.05, 3.63) is 57.8 Å². The van der Waals surface area contributed by atoms with E-state index in [2.05, 4.69) is 31.9 Å². The Kier molecular flexibility index (Phi) is 20.1. The number of thioether (sulfide) groups is 1. The number of nitrogens with two attached hydrogens (primary N) is 2. The monoisotopic (exact) mass is 831 g/mol.